The number of nitrogens with zero attached hydrogens (tertiary/aromatic N) is 1. The predicted octanol–water partition coefficient (Wildman–Crippen LogP) is 3.39. The molecule has 3 aromatic carbocycles. The van der Waals surface area contributed by atoms with E-state index in [0.29, 0.717) is 31.8 Å². The number of amides is 2. The topological polar surface area (TPSA) is 108 Å². The highest BCUT2D eigenvalue weighted by atomic mass is 32.2. The van der Waals surface area contributed by atoms with Crippen molar-refractivity contribution in [2.45, 2.75) is 29.7 Å². The molecule has 0 bridgehead atoms. The van der Waals surface area contributed by atoms with Crippen LogP contribution >= 0.6 is 11.8 Å². The van der Waals surface area contributed by atoms with Crippen molar-refractivity contribution >= 4 is 33.6 Å². The summed E-state index contributed by atoms with van der Waals surface area (Å²) >= 11 is 1.33. The number of hydrogen-bond acceptors (Lipinski definition) is 6. The van der Waals surface area contributed by atoms with Crippen LogP contribution in [0.5, 0.6) is 0 Å². The monoisotopic (exact) mass is 566 g/mol. The van der Waals surface area contributed by atoms with Gasteiger partial charge in [-0.05, 0) is 41.8 Å². The summed E-state index contributed by atoms with van der Waals surface area (Å²) in [6.07, 6.45) is 0.612. The molecule has 0 radical (unpaired) electrons. The highest BCUT2D eigenvalue weighted by Gasteiger charge is 2.40. The molecule has 2 atom stereocenters. The zero-order valence-corrected chi connectivity index (χ0v) is 23.5. The predicted molar refractivity (Wildman–Crippen MR) is 156 cm³/mol. The van der Waals surface area contributed by atoms with E-state index in [-0.39, 0.29) is 29.3 Å². The molecule has 39 heavy (non-hydrogen) atoms. The lowest BCUT2D eigenvalue weighted by Gasteiger charge is -2.26. The molecule has 0 saturated carbocycles. The fourth-order valence-corrected chi connectivity index (χ4v) is 7.53. The first-order chi connectivity index (χ1) is 18.9. The smallest absolute Gasteiger partial charge is 0.249 e. The minimum absolute atomic E-state index is 0.0769. The molecular formula is C29H34N4O4S2. The van der Waals surface area contributed by atoms with Gasteiger partial charge in [0.25, 0.3) is 0 Å². The first kappa shape index (κ1) is 28.8. The van der Waals surface area contributed by atoms with Crippen LogP contribution < -0.4 is 16.0 Å². The highest BCUT2D eigenvalue weighted by molar-refractivity contribution is 8.02. The minimum atomic E-state index is -3.86. The lowest BCUT2D eigenvalue weighted by molar-refractivity contribution is -0.123. The van der Waals surface area contributed by atoms with Gasteiger partial charge in [0.15, 0.2) is 0 Å². The van der Waals surface area contributed by atoms with E-state index in [1.165, 1.54) is 23.0 Å². The van der Waals surface area contributed by atoms with Gasteiger partial charge in [0.2, 0.25) is 21.8 Å². The normalized spacial score (nSPS) is 16.5. The summed E-state index contributed by atoms with van der Waals surface area (Å²) in [6, 6.07) is 25.9. The number of carbonyl (C=O) groups excluding carboxylic acids is 2. The van der Waals surface area contributed by atoms with Crippen LogP contribution in [0.4, 0.5) is 0 Å². The van der Waals surface area contributed by atoms with E-state index in [2.05, 4.69) is 16.0 Å². The Labute approximate surface area is 234 Å². The van der Waals surface area contributed by atoms with Crippen LogP contribution in [0.3, 0.4) is 0 Å². The summed E-state index contributed by atoms with van der Waals surface area (Å²) in [5.41, 5.74) is 2.88. The van der Waals surface area contributed by atoms with Gasteiger partial charge in [0, 0.05) is 32.3 Å². The number of hydrogen-bond donors (Lipinski definition) is 3. The van der Waals surface area contributed by atoms with Gasteiger partial charge in [-0.15, -0.1) is 11.8 Å². The Hall–Kier alpha value is -3.18. The summed E-state index contributed by atoms with van der Waals surface area (Å²) in [4.78, 5) is 24.7. The summed E-state index contributed by atoms with van der Waals surface area (Å²) in [7, 11) is -3.86. The Kier molecular flexibility index (Phi) is 10.2. The summed E-state index contributed by atoms with van der Waals surface area (Å²) in [5.74, 6) is 0.140. The molecule has 10 heteroatoms. The molecule has 4 rings (SSSR count). The number of sulfonamides is 1. The zero-order valence-electron chi connectivity index (χ0n) is 21.9. The van der Waals surface area contributed by atoms with Crippen molar-refractivity contribution in [3.05, 3.63) is 90.5 Å². The third kappa shape index (κ3) is 7.69. The molecule has 2 unspecified atom stereocenters. The average Bonchev–Trinajstić information content (AvgIpc) is 3.46. The van der Waals surface area contributed by atoms with E-state index < -0.39 is 15.4 Å². The molecule has 1 saturated heterocycles. The molecule has 8 nitrogen and oxygen atoms in total. The molecule has 3 aromatic rings. The van der Waals surface area contributed by atoms with Gasteiger partial charge >= 0.3 is 0 Å². The Bertz CT molecular complexity index is 1340. The maximum absolute atomic E-state index is 13.6. The number of carbonyl (C=O) groups is 2. The second kappa shape index (κ2) is 13.7. The second-order valence-electron chi connectivity index (χ2n) is 9.22. The maximum atomic E-state index is 13.6. The van der Waals surface area contributed by atoms with Crippen molar-refractivity contribution in [2.24, 2.45) is 0 Å². The molecule has 206 valence electrons. The van der Waals surface area contributed by atoms with Gasteiger partial charge in [-0.25, -0.2) is 8.42 Å². The van der Waals surface area contributed by atoms with Gasteiger partial charge < -0.3 is 16.0 Å². The van der Waals surface area contributed by atoms with Crippen LogP contribution in [-0.2, 0) is 19.6 Å². The summed E-state index contributed by atoms with van der Waals surface area (Å²) in [5, 5.41) is 8.27. The molecule has 1 aliphatic heterocycles. The Morgan fingerprint density at radius 3 is 2.21 bits per heavy atom. The van der Waals surface area contributed by atoms with E-state index in [4.69, 9.17) is 0 Å². The second-order valence-corrected chi connectivity index (χ2v) is 12.3. The Morgan fingerprint density at radius 1 is 0.897 bits per heavy atom. The zero-order chi connectivity index (χ0) is 27.7. The molecule has 0 spiro atoms. The van der Waals surface area contributed by atoms with Crippen molar-refractivity contribution in [2.75, 3.05) is 31.9 Å². The third-order valence-corrected chi connectivity index (χ3v) is 9.66. The first-order valence-corrected chi connectivity index (χ1v) is 15.4. The molecule has 1 aliphatic rings. The molecule has 1 heterocycles. The van der Waals surface area contributed by atoms with E-state index >= 15 is 0 Å². The van der Waals surface area contributed by atoms with E-state index in [1.807, 2.05) is 60.7 Å². The van der Waals surface area contributed by atoms with Gasteiger partial charge in [0.1, 0.15) is 5.37 Å². The lowest BCUT2D eigenvalue weighted by Crippen LogP contribution is -2.46. The fourth-order valence-electron chi connectivity index (χ4n) is 4.44. The van der Waals surface area contributed by atoms with Crippen molar-refractivity contribution in [3.8, 4) is 11.1 Å². The van der Waals surface area contributed by atoms with Crippen LogP contribution in [0.25, 0.3) is 11.1 Å². The molecular weight excluding hydrogens is 532 g/mol. The number of rotatable bonds is 12. The van der Waals surface area contributed by atoms with E-state index in [1.54, 1.807) is 24.3 Å². The molecule has 0 aromatic heterocycles. The van der Waals surface area contributed by atoms with Crippen LogP contribution in [0.1, 0.15) is 24.9 Å². The van der Waals surface area contributed by atoms with Crippen molar-refractivity contribution < 1.29 is 18.0 Å². The van der Waals surface area contributed by atoms with Gasteiger partial charge in [-0.2, -0.15) is 4.31 Å². The molecule has 2 amide bonds. The quantitative estimate of drug-likeness (QED) is 0.290. The molecule has 0 aliphatic carbocycles. The number of nitrogens with one attached hydrogen (secondary N) is 3. The summed E-state index contributed by atoms with van der Waals surface area (Å²) in [6.45, 7) is 3.50. The van der Waals surface area contributed by atoms with Crippen molar-refractivity contribution in [1.29, 1.82) is 0 Å². The van der Waals surface area contributed by atoms with Crippen LogP contribution in [0, 0.1) is 0 Å². The summed E-state index contributed by atoms with van der Waals surface area (Å²) < 4.78 is 28.4. The van der Waals surface area contributed by atoms with Gasteiger partial charge in [-0.3, -0.25) is 9.59 Å². The van der Waals surface area contributed by atoms with Gasteiger partial charge in [0.05, 0.1) is 10.9 Å². The lowest BCUT2D eigenvalue weighted by atomic mass is 10.0. The highest BCUT2D eigenvalue weighted by Crippen LogP contribution is 2.32. The van der Waals surface area contributed by atoms with E-state index in [0.717, 1.165) is 16.7 Å². The van der Waals surface area contributed by atoms with E-state index in [9.17, 15) is 18.0 Å². The third-order valence-electron chi connectivity index (χ3n) is 6.45. The van der Waals surface area contributed by atoms with Crippen LogP contribution in [0.15, 0.2) is 89.8 Å². The SMILES string of the molecule is CC(=O)NCCNCCC(NC(=O)C1SCCN1S(=O)(=O)c1ccc(-c2ccccc2)cc1)c1ccccc1. The van der Waals surface area contributed by atoms with Gasteiger partial charge in [-0.1, -0.05) is 72.8 Å². The Morgan fingerprint density at radius 2 is 1.54 bits per heavy atom. The van der Waals surface area contributed by atoms with Crippen LogP contribution in [-0.4, -0.2) is 61.8 Å². The van der Waals surface area contributed by atoms with Crippen molar-refractivity contribution in [1.82, 2.24) is 20.3 Å². The van der Waals surface area contributed by atoms with Crippen LogP contribution in [0.2, 0.25) is 0 Å². The standard InChI is InChI=1S/C29H34N4O4S2/c1-22(34)31-19-18-30-17-16-27(25-10-6-3-7-11-25)32-28(35)29-33(20-21-38-29)39(36,37)26-14-12-24(13-15-26)23-8-4-2-5-9-23/h2-15,27,29-30H,16-21H2,1H3,(H,31,34)(H,32,35). The first-order valence-electron chi connectivity index (χ1n) is 13.0. The minimum Gasteiger partial charge on any atom is -0.355 e. The molecule has 3 N–H and O–H groups in total. The fraction of sp³-hybridized carbons (Fsp3) is 0.310. The number of benzene rings is 3. The number of thioether (sulfide) groups is 1. The average molecular weight is 567 g/mol. The molecule has 1 fully saturated rings. The van der Waals surface area contributed by atoms with Crippen molar-refractivity contribution in [3.63, 3.8) is 0 Å². The maximum Gasteiger partial charge on any atom is 0.249 e. The largest absolute Gasteiger partial charge is 0.355 e. The Balaban J connectivity index is 1.43.